The zero-order chi connectivity index (χ0) is 12.2. The Morgan fingerprint density at radius 1 is 1.00 bits per heavy atom. The van der Waals surface area contributed by atoms with E-state index < -0.39 is 0 Å². The van der Waals surface area contributed by atoms with Crippen LogP contribution in [0.25, 0.3) is 0 Å². The molecule has 5 fully saturated rings. The molecule has 0 aromatic carbocycles. The molecule has 0 saturated heterocycles. The third-order valence-electron chi connectivity index (χ3n) is 6.75. The number of nitrogens with two attached hydrogens (primary N) is 1. The van der Waals surface area contributed by atoms with Crippen molar-refractivity contribution in [2.45, 2.75) is 70.3 Å². The van der Waals surface area contributed by atoms with Gasteiger partial charge < -0.3 is 0 Å². The van der Waals surface area contributed by atoms with Crippen LogP contribution in [0.1, 0.15) is 64.2 Å². The lowest BCUT2D eigenvalue weighted by molar-refractivity contribution is -0.0671. The third-order valence-corrected chi connectivity index (χ3v) is 6.75. The summed E-state index contributed by atoms with van der Waals surface area (Å²) >= 11 is 0. The number of rotatable bonds is 4. The van der Waals surface area contributed by atoms with E-state index in [1.807, 2.05) is 0 Å². The monoisotopic (exact) mass is 248 g/mol. The SMILES string of the molecule is NNC(CC12CC3CC(CC(C3)C1)C2)C1CCC1. The first-order valence-corrected chi connectivity index (χ1v) is 8.22. The fraction of sp³-hybridized carbons (Fsp3) is 1.00. The fourth-order valence-electron chi connectivity index (χ4n) is 6.21. The minimum atomic E-state index is 0.620. The second kappa shape index (κ2) is 4.21. The summed E-state index contributed by atoms with van der Waals surface area (Å²) in [5, 5.41) is 0. The number of hydrazine groups is 1. The first kappa shape index (κ1) is 11.7. The lowest BCUT2D eigenvalue weighted by Gasteiger charge is -2.58. The smallest absolute Gasteiger partial charge is 0.0244 e. The molecule has 4 bridgehead atoms. The second-order valence-corrected chi connectivity index (χ2v) is 8.09. The van der Waals surface area contributed by atoms with Gasteiger partial charge in [0.1, 0.15) is 0 Å². The van der Waals surface area contributed by atoms with E-state index in [-0.39, 0.29) is 0 Å². The molecule has 0 aromatic rings. The lowest BCUT2D eigenvalue weighted by atomic mass is 9.48. The van der Waals surface area contributed by atoms with Gasteiger partial charge >= 0.3 is 0 Å². The van der Waals surface area contributed by atoms with Gasteiger partial charge in [0, 0.05) is 6.04 Å². The van der Waals surface area contributed by atoms with Crippen molar-refractivity contribution in [3.8, 4) is 0 Å². The maximum absolute atomic E-state index is 5.86. The highest BCUT2D eigenvalue weighted by Crippen LogP contribution is 2.62. The second-order valence-electron chi connectivity index (χ2n) is 8.09. The van der Waals surface area contributed by atoms with E-state index in [0.717, 1.165) is 23.7 Å². The topological polar surface area (TPSA) is 38.0 Å². The maximum Gasteiger partial charge on any atom is 0.0244 e. The summed E-state index contributed by atoms with van der Waals surface area (Å²) in [5.74, 6) is 9.99. The normalized spacial score (nSPS) is 48.2. The summed E-state index contributed by atoms with van der Waals surface area (Å²) in [6.07, 6.45) is 14.9. The van der Waals surface area contributed by atoms with Crippen molar-refractivity contribution in [3.63, 3.8) is 0 Å². The van der Waals surface area contributed by atoms with Crippen molar-refractivity contribution in [2.24, 2.45) is 34.9 Å². The van der Waals surface area contributed by atoms with Crippen LogP contribution in [0.15, 0.2) is 0 Å². The van der Waals surface area contributed by atoms with Crippen LogP contribution in [0.5, 0.6) is 0 Å². The van der Waals surface area contributed by atoms with Crippen molar-refractivity contribution in [2.75, 3.05) is 0 Å². The fourth-order valence-corrected chi connectivity index (χ4v) is 6.21. The van der Waals surface area contributed by atoms with E-state index in [2.05, 4.69) is 5.43 Å². The van der Waals surface area contributed by atoms with E-state index in [1.54, 1.807) is 19.3 Å². The summed E-state index contributed by atoms with van der Waals surface area (Å²) < 4.78 is 0. The summed E-state index contributed by atoms with van der Waals surface area (Å²) in [6, 6.07) is 0.620. The van der Waals surface area contributed by atoms with Gasteiger partial charge in [0.25, 0.3) is 0 Å². The van der Waals surface area contributed by atoms with Crippen LogP contribution in [0, 0.1) is 29.1 Å². The zero-order valence-electron chi connectivity index (χ0n) is 11.5. The van der Waals surface area contributed by atoms with Gasteiger partial charge in [-0.15, -0.1) is 0 Å². The van der Waals surface area contributed by atoms with E-state index in [4.69, 9.17) is 5.84 Å². The Morgan fingerprint density at radius 3 is 1.94 bits per heavy atom. The van der Waals surface area contributed by atoms with Gasteiger partial charge in [-0.25, -0.2) is 0 Å². The molecule has 102 valence electrons. The minimum Gasteiger partial charge on any atom is -0.271 e. The number of hydrogen-bond donors (Lipinski definition) is 2. The molecule has 5 aliphatic rings. The van der Waals surface area contributed by atoms with E-state index >= 15 is 0 Å². The van der Waals surface area contributed by atoms with Crippen LogP contribution in [0.2, 0.25) is 0 Å². The summed E-state index contributed by atoms with van der Waals surface area (Å²) in [7, 11) is 0. The molecule has 2 heteroatoms. The molecule has 3 N–H and O–H groups in total. The predicted octanol–water partition coefficient (Wildman–Crippen LogP) is 3.22. The standard InChI is InChI=1S/C16H28N2/c17-18-15(14-2-1-3-14)10-16-7-11-4-12(8-16)6-13(5-11)9-16/h11-15,18H,1-10,17H2. The van der Waals surface area contributed by atoms with Crippen LogP contribution in [-0.2, 0) is 0 Å². The molecule has 5 saturated carbocycles. The van der Waals surface area contributed by atoms with E-state index in [1.165, 1.54) is 44.9 Å². The summed E-state index contributed by atoms with van der Waals surface area (Å²) in [4.78, 5) is 0. The average molecular weight is 248 g/mol. The zero-order valence-corrected chi connectivity index (χ0v) is 11.5. The third kappa shape index (κ3) is 1.84. The minimum absolute atomic E-state index is 0.620. The molecular formula is C16H28N2. The lowest BCUT2D eigenvalue weighted by Crippen LogP contribution is -2.52. The molecule has 0 spiro atoms. The van der Waals surface area contributed by atoms with Gasteiger partial charge in [-0.3, -0.25) is 11.3 Å². The molecule has 0 heterocycles. The van der Waals surface area contributed by atoms with Crippen molar-refractivity contribution in [3.05, 3.63) is 0 Å². The van der Waals surface area contributed by atoms with Gasteiger partial charge in [-0.1, -0.05) is 6.42 Å². The molecule has 0 radical (unpaired) electrons. The van der Waals surface area contributed by atoms with Gasteiger partial charge in [-0.05, 0) is 86.9 Å². The first-order valence-electron chi connectivity index (χ1n) is 8.22. The molecular weight excluding hydrogens is 220 g/mol. The molecule has 1 unspecified atom stereocenters. The highest BCUT2D eigenvalue weighted by Gasteiger charge is 2.51. The van der Waals surface area contributed by atoms with Crippen LogP contribution >= 0.6 is 0 Å². The van der Waals surface area contributed by atoms with E-state index in [0.29, 0.717) is 11.5 Å². The van der Waals surface area contributed by atoms with Crippen molar-refractivity contribution < 1.29 is 0 Å². The summed E-state index contributed by atoms with van der Waals surface area (Å²) in [6.45, 7) is 0. The Kier molecular flexibility index (Phi) is 2.74. The Hall–Kier alpha value is -0.0800. The van der Waals surface area contributed by atoms with Crippen LogP contribution < -0.4 is 11.3 Å². The van der Waals surface area contributed by atoms with Crippen LogP contribution in [0.4, 0.5) is 0 Å². The van der Waals surface area contributed by atoms with Gasteiger partial charge in [0.15, 0.2) is 0 Å². The first-order chi connectivity index (χ1) is 8.76. The molecule has 0 amide bonds. The van der Waals surface area contributed by atoms with Crippen molar-refractivity contribution >= 4 is 0 Å². The van der Waals surface area contributed by atoms with E-state index in [9.17, 15) is 0 Å². The number of nitrogens with one attached hydrogen (secondary N) is 1. The quantitative estimate of drug-likeness (QED) is 0.592. The molecule has 0 aromatic heterocycles. The van der Waals surface area contributed by atoms with Gasteiger partial charge in [0.05, 0.1) is 0 Å². The van der Waals surface area contributed by atoms with Crippen LogP contribution in [0.3, 0.4) is 0 Å². The van der Waals surface area contributed by atoms with Crippen molar-refractivity contribution in [1.82, 2.24) is 5.43 Å². The molecule has 1 atom stereocenters. The molecule has 5 rings (SSSR count). The van der Waals surface area contributed by atoms with Crippen LogP contribution in [-0.4, -0.2) is 6.04 Å². The number of hydrogen-bond acceptors (Lipinski definition) is 2. The highest BCUT2D eigenvalue weighted by molar-refractivity contribution is 5.03. The van der Waals surface area contributed by atoms with Gasteiger partial charge in [0.2, 0.25) is 0 Å². The molecule has 5 aliphatic carbocycles. The Morgan fingerprint density at radius 2 is 1.56 bits per heavy atom. The summed E-state index contributed by atoms with van der Waals surface area (Å²) in [5.41, 5.74) is 3.87. The highest BCUT2D eigenvalue weighted by atomic mass is 15.2. The largest absolute Gasteiger partial charge is 0.271 e. The molecule has 18 heavy (non-hydrogen) atoms. The average Bonchev–Trinajstić information content (AvgIpc) is 2.23. The Bertz CT molecular complexity index is 286. The molecule has 2 nitrogen and oxygen atoms in total. The molecule has 0 aliphatic heterocycles. The maximum atomic E-state index is 5.86. The predicted molar refractivity (Wildman–Crippen MR) is 73.7 cm³/mol. The Labute approximate surface area is 111 Å². The van der Waals surface area contributed by atoms with Crippen molar-refractivity contribution in [1.29, 1.82) is 0 Å². The Balaban J connectivity index is 1.49. The van der Waals surface area contributed by atoms with Gasteiger partial charge in [-0.2, -0.15) is 0 Å².